The SMILES string of the molecule is CCC(C)N1CCN(Cc2ccc3c(c2)OCO3)CC1. The number of ether oxygens (including phenoxy) is 2. The average molecular weight is 276 g/mol. The zero-order chi connectivity index (χ0) is 13.9. The monoisotopic (exact) mass is 276 g/mol. The van der Waals surface area contributed by atoms with E-state index in [9.17, 15) is 0 Å². The van der Waals surface area contributed by atoms with Gasteiger partial charge in [-0.1, -0.05) is 13.0 Å². The maximum atomic E-state index is 5.44. The fourth-order valence-corrected chi connectivity index (χ4v) is 2.92. The van der Waals surface area contributed by atoms with Crippen LogP contribution in [0.1, 0.15) is 25.8 Å². The highest BCUT2D eigenvalue weighted by Crippen LogP contribution is 2.32. The molecule has 3 rings (SSSR count). The summed E-state index contributed by atoms with van der Waals surface area (Å²) in [6.45, 7) is 10.6. The van der Waals surface area contributed by atoms with Gasteiger partial charge < -0.3 is 9.47 Å². The molecule has 0 spiro atoms. The summed E-state index contributed by atoms with van der Waals surface area (Å²) in [7, 11) is 0. The second-order valence-electron chi connectivity index (χ2n) is 5.76. The molecule has 0 aromatic heterocycles. The zero-order valence-corrected chi connectivity index (χ0v) is 12.5. The fourth-order valence-electron chi connectivity index (χ4n) is 2.92. The van der Waals surface area contributed by atoms with Crippen LogP contribution in [0.3, 0.4) is 0 Å². The third kappa shape index (κ3) is 2.91. The van der Waals surface area contributed by atoms with Gasteiger partial charge in [0.25, 0.3) is 0 Å². The fraction of sp³-hybridized carbons (Fsp3) is 0.625. The number of nitrogens with zero attached hydrogens (tertiary/aromatic N) is 2. The second kappa shape index (κ2) is 6.02. The maximum absolute atomic E-state index is 5.44. The molecule has 1 atom stereocenters. The molecular formula is C16H24N2O2. The molecule has 0 N–H and O–H groups in total. The van der Waals surface area contributed by atoms with Gasteiger partial charge in [0, 0.05) is 38.8 Å². The minimum Gasteiger partial charge on any atom is -0.454 e. The van der Waals surface area contributed by atoms with Gasteiger partial charge in [-0.2, -0.15) is 0 Å². The summed E-state index contributed by atoms with van der Waals surface area (Å²) in [5, 5.41) is 0. The Hall–Kier alpha value is -1.26. The molecule has 1 fully saturated rings. The molecule has 2 aliphatic rings. The molecule has 4 nitrogen and oxygen atoms in total. The van der Waals surface area contributed by atoms with Crippen LogP contribution in [0.2, 0.25) is 0 Å². The van der Waals surface area contributed by atoms with Crippen molar-refractivity contribution in [3.63, 3.8) is 0 Å². The summed E-state index contributed by atoms with van der Waals surface area (Å²) in [5.74, 6) is 1.76. The van der Waals surface area contributed by atoms with Crippen LogP contribution in [0.15, 0.2) is 18.2 Å². The van der Waals surface area contributed by atoms with Crippen molar-refractivity contribution >= 4 is 0 Å². The number of hydrogen-bond donors (Lipinski definition) is 0. The van der Waals surface area contributed by atoms with Crippen LogP contribution >= 0.6 is 0 Å². The van der Waals surface area contributed by atoms with E-state index in [1.807, 2.05) is 6.07 Å². The molecule has 110 valence electrons. The Morgan fingerprint density at radius 1 is 1.10 bits per heavy atom. The van der Waals surface area contributed by atoms with Crippen molar-refractivity contribution in [1.82, 2.24) is 9.80 Å². The highest BCUT2D eigenvalue weighted by molar-refractivity contribution is 5.44. The molecule has 1 unspecified atom stereocenters. The summed E-state index contributed by atoms with van der Waals surface area (Å²) in [6, 6.07) is 6.99. The molecule has 1 saturated heterocycles. The Kier molecular flexibility index (Phi) is 4.13. The van der Waals surface area contributed by atoms with Crippen LogP contribution in [0.4, 0.5) is 0 Å². The molecule has 0 radical (unpaired) electrons. The van der Waals surface area contributed by atoms with Crippen molar-refractivity contribution in [2.24, 2.45) is 0 Å². The van der Waals surface area contributed by atoms with Crippen molar-refractivity contribution < 1.29 is 9.47 Å². The van der Waals surface area contributed by atoms with E-state index in [-0.39, 0.29) is 0 Å². The number of benzene rings is 1. The van der Waals surface area contributed by atoms with Gasteiger partial charge in [0.2, 0.25) is 6.79 Å². The summed E-state index contributed by atoms with van der Waals surface area (Å²) in [4.78, 5) is 5.12. The van der Waals surface area contributed by atoms with E-state index in [1.165, 1.54) is 25.1 Å². The topological polar surface area (TPSA) is 24.9 Å². The Morgan fingerprint density at radius 3 is 2.60 bits per heavy atom. The molecule has 1 aromatic rings. The lowest BCUT2D eigenvalue weighted by atomic mass is 10.1. The zero-order valence-electron chi connectivity index (χ0n) is 12.5. The first-order valence-corrected chi connectivity index (χ1v) is 7.61. The van der Waals surface area contributed by atoms with E-state index in [4.69, 9.17) is 9.47 Å². The van der Waals surface area contributed by atoms with E-state index < -0.39 is 0 Å². The minimum atomic E-state index is 0.354. The molecule has 0 amide bonds. The summed E-state index contributed by atoms with van der Waals surface area (Å²) < 4.78 is 10.8. The van der Waals surface area contributed by atoms with E-state index in [1.54, 1.807) is 0 Å². The van der Waals surface area contributed by atoms with Crippen molar-refractivity contribution in [3.05, 3.63) is 23.8 Å². The van der Waals surface area contributed by atoms with Crippen LogP contribution in [0.25, 0.3) is 0 Å². The predicted octanol–water partition coefficient (Wildman–Crippen LogP) is 2.33. The van der Waals surface area contributed by atoms with E-state index in [0.717, 1.165) is 31.1 Å². The smallest absolute Gasteiger partial charge is 0.231 e. The van der Waals surface area contributed by atoms with E-state index in [2.05, 4.69) is 35.8 Å². The minimum absolute atomic E-state index is 0.354. The van der Waals surface area contributed by atoms with Crippen molar-refractivity contribution in [2.75, 3.05) is 33.0 Å². The molecule has 4 heteroatoms. The van der Waals surface area contributed by atoms with Gasteiger partial charge in [-0.15, -0.1) is 0 Å². The second-order valence-corrected chi connectivity index (χ2v) is 5.76. The molecule has 1 aromatic carbocycles. The largest absolute Gasteiger partial charge is 0.454 e. The number of rotatable bonds is 4. The van der Waals surface area contributed by atoms with Crippen LogP contribution < -0.4 is 9.47 Å². The first-order valence-electron chi connectivity index (χ1n) is 7.61. The Balaban J connectivity index is 1.55. The third-order valence-corrected chi connectivity index (χ3v) is 4.46. The van der Waals surface area contributed by atoms with Crippen molar-refractivity contribution in [3.8, 4) is 11.5 Å². The molecule has 0 aliphatic carbocycles. The molecular weight excluding hydrogens is 252 g/mol. The van der Waals surface area contributed by atoms with Gasteiger partial charge in [0.15, 0.2) is 11.5 Å². The number of piperazine rings is 1. The summed E-state index contributed by atoms with van der Waals surface area (Å²) in [5.41, 5.74) is 1.31. The highest BCUT2D eigenvalue weighted by Gasteiger charge is 2.21. The molecule has 0 saturated carbocycles. The molecule has 2 aliphatic heterocycles. The van der Waals surface area contributed by atoms with Crippen LogP contribution in [-0.4, -0.2) is 48.8 Å². The molecule has 0 bridgehead atoms. The predicted molar refractivity (Wildman–Crippen MR) is 79.2 cm³/mol. The first-order chi connectivity index (χ1) is 9.76. The van der Waals surface area contributed by atoms with Gasteiger partial charge in [0.1, 0.15) is 0 Å². The normalized spacial score (nSPS) is 21.1. The lowest BCUT2D eigenvalue weighted by Gasteiger charge is -2.37. The third-order valence-electron chi connectivity index (χ3n) is 4.46. The van der Waals surface area contributed by atoms with Gasteiger partial charge in [0.05, 0.1) is 0 Å². The highest BCUT2D eigenvalue weighted by atomic mass is 16.7. The lowest BCUT2D eigenvalue weighted by Crippen LogP contribution is -2.48. The van der Waals surface area contributed by atoms with Gasteiger partial charge in [-0.05, 0) is 31.0 Å². The Labute approximate surface area is 121 Å². The van der Waals surface area contributed by atoms with Gasteiger partial charge in [-0.3, -0.25) is 9.80 Å². The average Bonchev–Trinajstić information content (AvgIpc) is 2.95. The maximum Gasteiger partial charge on any atom is 0.231 e. The number of fused-ring (bicyclic) bond motifs is 1. The Bertz CT molecular complexity index is 456. The van der Waals surface area contributed by atoms with Crippen LogP contribution in [-0.2, 0) is 6.54 Å². The van der Waals surface area contributed by atoms with Crippen molar-refractivity contribution in [1.29, 1.82) is 0 Å². The molecule has 2 heterocycles. The quantitative estimate of drug-likeness (QED) is 0.842. The standard InChI is InChI=1S/C16H24N2O2/c1-3-13(2)18-8-6-17(7-9-18)11-14-4-5-15-16(10-14)20-12-19-15/h4-5,10,13H,3,6-9,11-12H2,1-2H3. The first kappa shape index (κ1) is 13.7. The number of hydrogen-bond acceptors (Lipinski definition) is 4. The van der Waals surface area contributed by atoms with Gasteiger partial charge in [-0.25, -0.2) is 0 Å². The van der Waals surface area contributed by atoms with E-state index >= 15 is 0 Å². The molecule has 20 heavy (non-hydrogen) atoms. The lowest BCUT2D eigenvalue weighted by molar-refractivity contribution is 0.0963. The summed E-state index contributed by atoms with van der Waals surface area (Å²) >= 11 is 0. The van der Waals surface area contributed by atoms with Crippen LogP contribution in [0.5, 0.6) is 11.5 Å². The van der Waals surface area contributed by atoms with Crippen molar-refractivity contribution in [2.45, 2.75) is 32.9 Å². The Morgan fingerprint density at radius 2 is 1.85 bits per heavy atom. The summed E-state index contributed by atoms with van der Waals surface area (Å²) in [6.07, 6.45) is 1.24. The van der Waals surface area contributed by atoms with E-state index in [0.29, 0.717) is 12.8 Å². The van der Waals surface area contributed by atoms with Gasteiger partial charge >= 0.3 is 0 Å². The van der Waals surface area contributed by atoms with Crippen LogP contribution in [0, 0.1) is 0 Å².